The van der Waals surface area contributed by atoms with Crippen molar-refractivity contribution in [3.8, 4) is 0 Å². The number of halogens is 1. The molecule has 1 atom stereocenters. The van der Waals surface area contributed by atoms with Crippen LogP contribution in [-0.4, -0.2) is 5.24 Å². The van der Waals surface area contributed by atoms with Crippen molar-refractivity contribution in [3.05, 3.63) is 0 Å². The first-order chi connectivity index (χ1) is 10.2. The van der Waals surface area contributed by atoms with Crippen LogP contribution in [-0.2, 0) is 4.79 Å². The van der Waals surface area contributed by atoms with Crippen molar-refractivity contribution >= 4 is 16.8 Å². The highest BCUT2D eigenvalue weighted by Crippen LogP contribution is 2.18. The van der Waals surface area contributed by atoms with Crippen LogP contribution in [0.5, 0.6) is 0 Å². The summed E-state index contributed by atoms with van der Waals surface area (Å²) >= 11 is 5.32. The lowest BCUT2D eigenvalue weighted by molar-refractivity contribution is -0.111. The van der Waals surface area contributed by atoms with E-state index in [2.05, 4.69) is 13.8 Å². The predicted octanol–water partition coefficient (Wildman–Crippen LogP) is 7.26. The summed E-state index contributed by atoms with van der Waals surface area (Å²) < 4.78 is 0. The Morgan fingerprint density at radius 3 is 1.67 bits per heavy atom. The van der Waals surface area contributed by atoms with Gasteiger partial charge in [-0.2, -0.15) is 0 Å². The van der Waals surface area contributed by atoms with E-state index in [4.69, 9.17) is 11.6 Å². The van der Waals surface area contributed by atoms with Crippen LogP contribution in [0.4, 0.5) is 0 Å². The molecule has 0 aromatic carbocycles. The zero-order valence-electron chi connectivity index (χ0n) is 14.5. The molecule has 0 N–H and O–H groups in total. The third-order valence-electron chi connectivity index (χ3n) is 4.37. The normalized spacial score (nSPS) is 12.5. The van der Waals surface area contributed by atoms with Crippen LogP contribution in [0.1, 0.15) is 110 Å². The standard InChI is InChI=1S/C19H37ClO/c1-3-4-5-6-7-9-12-15-18(2)16-13-10-8-11-14-17-19(20)21/h18H,3-17H2,1-2H3/t18-/m0/s1. The molecule has 0 heterocycles. The fraction of sp³-hybridized carbons (Fsp3) is 0.947. The average Bonchev–Trinajstić information content (AvgIpc) is 2.45. The molecule has 0 saturated carbocycles. The number of hydrogen-bond acceptors (Lipinski definition) is 1. The van der Waals surface area contributed by atoms with Crippen molar-refractivity contribution in [1.82, 2.24) is 0 Å². The van der Waals surface area contributed by atoms with Gasteiger partial charge in [-0.1, -0.05) is 97.3 Å². The summed E-state index contributed by atoms with van der Waals surface area (Å²) in [7, 11) is 0. The predicted molar refractivity (Wildman–Crippen MR) is 95.0 cm³/mol. The Kier molecular flexibility index (Phi) is 16.3. The van der Waals surface area contributed by atoms with Crippen molar-refractivity contribution in [2.45, 2.75) is 110 Å². The monoisotopic (exact) mass is 316 g/mol. The summed E-state index contributed by atoms with van der Waals surface area (Å²) in [5, 5.41) is -0.182. The SMILES string of the molecule is CCCCCCCCC[C@H](C)CCCCCCCC(=O)Cl. The largest absolute Gasteiger partial charge is 0.281 e. The maximum atomic E-state index is 10.6. The van der Waals surface area contributed by atoms with Crippen LogP contribution < -0.4 is 0 Å². The number of hydrogen-bond donors (Lipinski definition) is 0. The third kappa shape index (κ3) is 17.9. The number of rotatable bonds is 16. The Balaban J connectivity index is 3.16. The van der Waals surface area contributed by atoms with Gasteiger partial charge < -0.3 is 0 Å². The topological polar surface area (TPSA) is 17.1 Å². The van der Waals surface area contributed by atoms with Gasteiger partial charge in [0.2, 0.25) is 5.24 Å². The zero-order valence-corrected chi connectivity index (χ0v) is 15.2. The molecule has 0 aliphatic heterocycles. The summed E-state index contributed by atoms with van der Waals surface area (Å²) in [5.74, 6) is 0.894. The fourth-order valence-electron chi connectivity index (χ4n) is 2.88. The zero-order chi connectivity index (χ0) is 15.8. The maximum absolute atomic E-state index is 10.6. The molecule has 0 spiro atoms. The molecular formula is C19H37ClO. The van der Waals surface area contributed by atoms with Crippen molar-refractivity contribution in [3.63, 3.8) is 0 Å². The van der Waals surface area contributed by atoms with Crippen LogP contribution in [0.3, 0.4) is 0 Å². The molecular weight excluding hydrogens is 280 g/mol. The lowest BCUT2D eigenvalue weighted by Crippen LogP contribution is -1.95. The first kappa shape index (κ1) is 21.0. The molecule has 0 unspecified atom stereocenters. The van der Waals surface area contributed by atoms with Gasteiger partial charge in [0, 0.05) is 6.42 Å². The highest BCUT2D eigenvalue weighted by molar-refractivity contribution is 6.63. The van der Waals surface area contributed by atoms with E-state index in [1.807, 2.05) is 0 Å². The summed E-state index contributed by atoms with van der Waals surface area (Å²) in [4.78, 5) is 10.6. The lowest BCUT2D eigenvalue weighted by Gasteiger charge is -2.11. The fourth-order valence-corrected chi connectivity index (χ4v) is 3.01. The summed E-state index contributed by atoms with van der Waals surface area (Å²) in [6.45, 7) is 4.68. The van der Waals surface area contributed by atoms with E-state index < -0.39 is 0 Å². The Bertz CT molecular complexity index is 228. The van der Waals surface area contributed by atoms with Crippen LogP contribution in [0.25, 0.3) is 0 Å². The molecule has 0 fully saturated rings. The Labute approximate surface area is 138 Å². The molecule has 21 heavy (non-hydrogen) atoms. The van der Waals surface area contributed by atoms with Gasteiger partial charge in [-0.25, -0.2) is 0 Å². The van der Waals surface area contributed by atoms with Crippen LogP contribution >= 0.6 is 11.6 Å². The van der Waals surface area contributed by atoms with Gasteiger partial charge in [-0.05, 0) is 23.9 Å². The quantitative estimate of drug-likeness (QED) is 0.216. The second kappa shape index (κ2) is 16.3. The van der Waals surface area contributed by atoms with Gasteiger partial charge in [0.25, 0.3) is 0 Å². The van der Waals surface area contributed by atoms with Gasteiger partial charge in [-0.15, -0.1) is 0 Å². The molecule has 0 amide bonds. The molecule has 1 nitrogen and oxygen atoms in total. The van der Waals surface area contributed by atoms with E-state index in [1.165, 1.54) is 77.0 Å². The maximum Gasteiger partial charge on any atom is 0.221 e. The van der Waals surface area contributed by atoms with Crippen LogP contribution in [0.2, 0.25) is 0 Å². The van der Waals surface area contributed by atoms with Crippen molar-refractivity contribution < 1.29 is 4.79 Å². The lowest BCUT2D eigenvalue weighted by atomic mass is 9.96. The molecule has 2 heteroatoms. The molecule has 0 aliphatic rings. The minimum atomic E-state index is -0.182. The molecule has 0 aliphatic carbocycles. The first-order valence-corrected chi connectivity index (χ1v) is 9.73. The van der Waals surface area contributed by atoms with Crippen LogP contribution in [0.15, 0.2) is 0 Å². The smallest absolute Gasteiger partial charge is 0.221 e. The summed E-state index contributed by atoms with van der Waals surface area (Å²) in [6, 6.07) is 0. The molecule has 0 radical (unpaired) electrons. The Hall–Kier alpha value is -0.0400. The summed E-state index contributed by atoms with van der Waals surface area (Å²) in [6.07, 6.45) is 19.3. The van der Waals surface area contributed by atoms with E-state index in [9.17, 15) is 4.79 Å². The van der Waals surface area contributed by atoms with Crippen molar-refractivity contribution in [1.29, 1.82) is 0 Å². The van der Waals surface area contributed by atoms with Crippen molar-refractivity contribution in [2.24, 2.45) is 5.92 Å². The van der Waals surface area contributed by atoms with Crippen LogP contribution in [0, 0.1) is 5.92 Å². The average molecular weight is 317 g/mol. The summed E-state index contributed by atoms with van der Waals surface area (Å²) in [5.41, 5.74) is 0. The highest BCUT2D eigenvalue weighted by atomic mass is 35.5. The molecule has 0 saturated heterocycles. The van der Waals surface area contributed by atoms with Gasteiger partial charge in [0.15, 0.2) is 0 Å². The van der Waals surface area contributed by atoms with Gasteiger partial charge in [0.1, 0.15) is 0 Å². The van der Waals surface area contributed by atoms with Gasteiger partial charge in [-0.3, -0.25) is 4.79 Å². The third-order valence-corrected chi connectivity index (χ3v) is 4.56. The number of carbonyl (C=O) groups is 1. The minimum Gasteiger partial charge on any atom is -0.281 e. The van der Waals surface area contributed by atoms with E-state index >= 15 is 0 Å². The number of carbonyl (C=O) groups excluding carboxylic acids is 1. The van der Waals surface area contributed by atoms with E-state index in [0.717, 1.165) is 18.8 Å². The van der Waals surface area contributed by atoms with E-state index in [-0.39, 0.29) is 5.24 Å². The Morgan fingerprint density at radius 1 is 0.762 bits per heavy atom. The van der Waals surface area contributed by atoms with Crippen molar-refractivity contribution in [2.75, 3.05) is 0 Å². The van der Waals surface area contributed by atoms with E-state index in [1.54, 1.807) is 0 Å². The second-order valence-electron chi connectivity index (χ2n) is 6.68. The molecule has 0 aromatic heterocycles. The Morgan fingerprint density at radius 2 is 1.19 bits per heavy atom. The first-order valence-electron chi connectivity index (χ1n) is 9.35. The molecule has 0 rings (SSSR count). The van der Waals surface area contributed by atoms with Gasteiger partial charge >= 0.3 is 0 Å². The minimum absolute atomic E-state index is 0.182. The number of unbranched alkanes of at least 4 members (excludes halogenated alkanes) is 10. The molecule has 126 valence electrons. The highest BCUT2D eigenvalue weighted by Gasteiger charge is 2.02. The van der Waals surface area contributed by atoms with E-state index in [0.29, 0.717) is 6.42 Å². The molecule has 0 bridgehead atoms. The molecule has 0 aromatic rings. The van der Waals surface area contributed by atoms with Gasteiger partial charge in [0.05, 0.1) is 0 Å². The second-order valence-corrected chi connectivity index (χ2v) is 7.10.